The molecule has 6 heteroatoms. The summed E-state index contributed by atoms with van der Waals surface area (Å²) in [6.45, 7) is 1.85. The average Bonchev–Trinajstić information content (AvgIpc) is 2.58. The fourth-order valence-corrected chi connectivity index (χ4v) is 2.31. The van der Waals surface area contributed by atoms with Crippen molar-refractivity contribution in [3.05, 3.63) is 70.3 Å². The molecular formula is C18H16FN3O2. The zero-order valence-corrected chi connectivity index (χ0v) is 13.3. The average molecular weight is 325 g/mol. The SMILES string of the molecule is COc1cccc(-c2cc(=O)[nH]c(Nc3cc(C)ccc3F)n2)c1. The first-order valence-electron chi connectivity index (χ1n) is 7.34. The minimum Gasteiger partial charge on any atom is -0.497 e. The van der Waals surface area contributed by atoms with Crippen molar-refractivity contribution in [1.29, 1.82) is 0 Å². The molecule has 1 heterocycles. The summed E-state index contributed by atoms with van der Waals surface area (Å²) in [5.41, 5.74) is 2.01. The van der Waals surface area contributed by atoms with Gasteiger partial charge in [0.05, 0.1) is 18.5 Å². The normalized spacial score (nSPS) is 10.5. The number of hydrogen-bond donors (Lipinski definition) is 2. The molecule has 0 aliphatic heterocycles. The maximum Gasteiger partial charge on any atom is 0.252 e. The van der Waals surface area contributed by atoms with Crippen molar-refractivity contribution >= 4 is 11.6 Å². The highest BCUT2D eigenvalue weighted by Crippen LogP contribution is 2.23. The maximum atomic E-state index is 13.9. The molecule has 0 saturated heterocycles. The first-order chi connectivity index (χ1) is 11.5. The summed E-state index contributed by atoms with van der Waals surface area (Å²) in [4.78, 5) is 18.8. The van der Waals surface area contributed by atoms with Crippen LogP contribution in [0.4, 0.5) is 16.0 Å². The Hall–Kier alpha value is -3.15. The third kappa shape index (κ3) is 3.43. The van der Waals surface area contributed by atoms with Crippen molar-refractivity contribution < 1.29 is 9.13 Å². The number of ether oxygens (including phenoxy) is 1. The molecule has 5 nitrogen and oxygen atoms in total. The van der Waals surface area contributed by atoms with E-state index in [-0.39, 0.29) is 17.2 Å². The highest BCUT2D eigenvalue weighted by atomic mass is 19.1. The smallest absolute Gasteiger partial charge is 0.252 e. The highest BCUT2D eigenvalue weighted by molar-refractivity contribution is 5.63. The van der Waals surface area contributed by atoms with Gasteiger partial charge in [-0.15, -0.1) is 0 Å². The number of benzene rings is 2. The molecular weight excluding hydrogens is 309 g/mol. The van der Waals surface area contributed by atoms with Gasteiger partial charge < -0.3 is 10.1 Å². The van der Waals surface area contributed by atoms with Gasteiger partial charge in [0.2, 0.25) is 5.95 Å². The van der Waals surface area contributed by atoms with Crippen LogP contribution >= 0.6 is 0 Å². The molecule has 2 aromatic carbocycles. The lowest BCUT2D eigenvalue weighted by Gasteiger charge is -2.09. The molecule has 0 fully saturated rings. The molecule has 0 saturated carbocycles. The molecule has 0 radical (unpaired) electrons. The molecule has 122 valence electrons. The van der Waals surface area contributed by atoms with Crippen LogP contribution in [0, 0.1) is 12.7 Å². The molecule has 2 N–H and O–H groups in total. The van der Waals surface area contributed by atoms with E-state index in [9.17, 15) is 9.18 Å². The summed E-state index contributed by atoms with van der Waals surface area (Å²) >= 11 is 0. The molecule has 1 aromatic heterocycles. The fraction of sp³-hybridized carbons (Fsp3) is 0.111. The first kappa shape index (κ1) is 15.7. The van der Waals surface area contributed by atoms with Gasteiger partial charge in [-0.1, -0.05) is 18.2 Å². The van der Waals surface area contributed by atoms with E-state index in [0.29, 0.717) is 11.4 Å². The number of methoxy groups -OCH3 is 1. The van der Waals surface area contributed by atoms with Crippen LogP contribution in [0.1, 0.15) is 5.56 Å². The standard InChI is InChI=1S/C18H16FN3O2/c1-11-6-7-14(19)16(8-11)21-18-20-15(10-17(23)22-18)12-4-3-5-13(9-12)24-2/h3-10H,1-2H3,(H2,20,21,22,23). The molecule has 0 spiro atoms. The van der Waals surface area contributed by atoms with Crippen LogP contribution in [0.15, 0.2) is 53.3 Å². The summed E-state index contributed by atoms with van der Waals surface area (Å²) < 4.78 is 19.1. The summed E-state index contributed by atoms with van der Waals surface area (Å²) in [5.74, 6) is 0.411. The van der Waals surface area contributed by atoms with Crippen molar-refractivity contribution in [3.63, 3.8) is 0 Å². The van der Waals surface area contributed by atoms with Gasteiger partial charge in [0.15, 0.2) is 0 Å². The van der Waals surface area contributed by atoms with E-state index < -0.39 is 5.82 Å². The molecule has 0 aliphatic rings. The van der Waals surface area contributed by atoms with E-state index in [2.05, 4.69) is 15.3 Å². The van der Waals surface area contributed by atoms with Crippen LogP contribution in [-0.2, 0) is 0 Å². The number of H-pyrrole nitrogens is 1. The Balaban J connectivity index is 2.00. The lowest BCUT2D eigenvalue weighted by atomic mass is 10.1. The molecule has 0 bridgehead atoms. The Labute approximate surface area is 138 Å². The lowest BCUT2D eigenvalue weighted by molar-refractivity contribution is 0.415. The van der Waals surface area contributed by atoms with Gasteiger partial charge in [-0.2, -0.15) is 0 Å². The van der Waals surface area contributed by atoms with Crippen molar-refractivity contribution in [2.75, 3.05) is 12.4 Å². The molecule has 0 atom stereocenters. The van der Waals surface area contributed by atoms with Crippen LogP contribution in [0.2, 0.25) is 0 Å². The number of aromatic amines is 1. The van der Waals surface area contributed by atoms with E-state index in [1.54, 1.807) is 31.4 Å². The quantitative estimate of drug-likeness (QED) is 0.768. The van der Waals surface area contributed by atoms with Crippen LogP contribution in [-0.4, -0.2) is 17.1 Å². The number of nitrogens with one attached hydrogen (secondary N) is 2. The van der Waals surface area contributed by atoms with Crippen LogP contribution < -0.4 is 15.6 Å². The van der Waals surface area contributed by atoms with Crippen molar-refractivity contribution in [2.45, 2.75) is 6.92 Å². The van der Waals surface area contributed by atoms with E-state index in [1.807, 2.05) is 19.1 Å². The molecule has 0 amide bonds. The van der Waals surface area contributed by atoms with Crippen molar-refractivity contribution in [2.24, 2.45) is 0 Å². The number of anilines is 2. The summed E-state index contributed by atoms with van der Waals surface area (Å²) in [6, 6.07) is 13.3. The van der Waals surface area contributed by atoms with Crippen molar-refractivity contribution in [1.82, 2.24) is 9.97 Å². The second-order valence-corrected chi connectivity index (χ2v) is 5.32. The van der Waals surface area contributed by atoms with E-state index in [4.69, 9.17) is 4.74 Å². The first-order valence-corrected chi connectivity index (χ1v) is 7.34. The summed E-state index contributed by atoms with van der Waals surface area (Å²) in [5, 5.41) is 2.82. The van der Waals surface area contributed by atoms with Crippen molar-refractivity contribution in [3.8, 4) is 17.0 Å². The number of aromatic nitrogens is 2. The summed E-state index contributed by atoms with van der Waals surface area (Å²) in [6.07, 6.45) is 0. The van der Waals surface area contributed by atoms with Crippen LogP contribution in [0.25, 0.3) is 11.3 Å². The third-order valence-corrected chi connectivity index (χ3v) is 3.48. The molecule has 3 rings (SSSR count). The number of aryl methyl sites for hydroxylation is 1. The lowest BCUT2D eigenvalue weighted by Crippen LogP contribution is -2.11. The molecule has 0 aliphatic carbocycles. The Morgan fingerprint density at radius 1 is 1.17 bits per heavy atom. The van der Waals surface area contributed by atoms with E-state index in [1.165, 1.54) is 12.1 Å². The second-order valence-electron chi connectivity index (χ2n) is 5.32. The van der Waals surface area contributed by atoms with Gasteiger partial charge in [-0.25, -0.2) is 9.37 Å². The fourth-order valence-electron chi connectivity index (χ4n) is 2.31. The number of halogens is 1. The second kappa shape index (κ2) is 6.54. The van der Waals surface area contributed by atoms with Crippen LogP contribution in [0.3, 0.4) is 0 Å². The largest absolute Gasteiger partial charge is 0.497 e. The molecule has 24 heavy (non-hydrogen) atoms. The number of hydrogen-bond acceptors (Lipinski definition) is 4. The predicted molar refractivity (Wildman–Crippen MR) is 91.3 cm³/mol. The molecule has 0 unspecified atom stereocenters. The van der Waals surface area contributed by atoms with E-state index >= 15 is 0 Å². The number of rotatable bonds is 4. The Morgan fingerprint density at radius 3 is 2.79 bits per heavy atom. The zero-order chi connectivity index (χ0) is 17.1. The number of nitrogens with zero attached hydrogens (tertiary/aromatic N) is 1. The molecule has 3 aromatic rings. The van der Waals surface area contributed by atoms with Gasteiger partial charge >= 0.3 is 0 Å². The van der Waals surface area contributed by atoms with Gasteiger partial charge in [0.1, 0.15) is 11.6 Å². The zero-order valence-electron chi connectivity index (χ0n) is 13.3. The minimum absolute atomic E-state index is 0.171. The monoisotopic (exact) mass is 325 g/mol. The Kier molecular flexibility index (Phi) is 4.29. The predicted octanol–water partition coefficient (Wildman–Crippen LogP) is 3.64. The topological polar surface area (TPSA) is 67.0 Å². The highest BCUT2D eigenvalue weighted by Gasteiger charge is 2.08. The van der Waals surface area contributed by atoms with Crippen LogP contribution in [0.5, 0.6) is 5.75 Å². The van der Waals surface area contributed by atoms with Gasteiger partial charge in [-0.05, 0) is 36.8 Å². The maximum absolute atomic E-state index is 13.9. The third-order valence-electron chi connectivity index (χ3n) is 3.48. The van der Waals surface area contributed by atoms with E-state index in [0.717, 1.165) is 11.1 Å². The minimum atomic E-state index is -0.421. The van der Waals surface area contributed by atoms with Gasteiger partial charge in [0.25, 0.3) is 5.56 Å². The Morgan fingerprint density at radius 2 is 2.00 bits per heavy atom. The Bertz CT molecular complexity index is 938. The van der Waals surface area contributed by atoms with Gasteiger partial charge in [-0.3, -0.25) is 9.78 Å². The summed E-state index contributed by atoms with van der Waals surface area (Å²) in [7, 11) is 1.57. The van der Waals surface area contributed by atoms with Gasteiger partial charge in [0, 0.05) is 11.6 Å².